The van der Waals surface area contributed by atoms with Crippen LogP contribution in [0, 0.1) is 11.7 Å². The topological polar surface area (TPSA) is 70.5 Å². The van der Waals surface area contributed by atoms with Gasteiger partial charge in [0.05, 0.1) is 5.92 Å². The Morgan fingerprint density at radius 1 is 1.39 bits per heavy atom. The van der Waals surface area contributed by atoms with Gasteiger partial charge in [0.15, 0.2) is 11.5 Å². The highest BCUT2D eigenvalue weighted by Gasteiger charge is 2.28. The monoisotopic (exact) mass is 252 g/mol. The maximum Gasteiger partial charge on any atom is 0.306 e. The van der Waals surface area contributed by atoms with Crippen molar-refractivity contribution in [2.75, 3.05) is 13.1 Å². The molecule has 0 aromatic carbocycles. The Balaban J connectivity index is 2.04. The fourth-order valence-corrected chi connectivity index (χ4v) is 2.02. The molecule has 1 aliphatic rings. The summed E-state index contributed by atoms with van der Waals surface area (Å²) in [5.74, 6) is -2.38. The third-order valence-electron chi connectivity index (χ3n) is 3.09. The standard InChI is InChI=1S/C12H13FN2O3/c13-9-2-1-5-14-10(9)11(16)15-6-3-8(4-7-15)12(17)18/h1-2,5,8H,3-4,6-7H2,(H,17,18). The van der Waals surface area contributed by atoms with Gasteiger partial charge in [0, 0.05) is 19.3 Å². The van der Waals surface area contributed by atoms with Gasteiger partial charge in [-0.25, -0.2) is 9.37 Å². The van der Waals surface area contributed by atoms with Crippen molar-refractivity contribution in [3.8, 4) is 0 Å². The predicted octanol–water partition coefficient (Wildman–Crippen LogP) is 1.16. The Labute approximate surface area is 103 Å². The third-order valence-corrected chi connectivity index (χ3v) is 3.09. The lowest BCUT2D eigenvalue weighted by Gasteiger charge is -2.29. The first-order chi connectivity index (χ1) is 8.59. The summed E-state index contributed by atoms with van der Waals surface area (Å²) in [5.41, 5.74) is -0.203. The Bertz CT molecular complexity index is 470. The van der Waals surface area contributed by atoms with Gasteiger partial charge in [0.1, 0.15) is 0 Å². The van der Waals surface area contributed by atoms with Crippen LogP contribution >= 0.6 is 0 Å². The Morgan fingerprint density at radius 2 is 2.06 bits per heavy atom. The van der Waals surface area contributed by atoms with E-state index in [9.17, 15) is 14.0 Å². The van der Waals surface area contributed by atoms with Crippen LogP contribution < -0.4 is 0 Å². The number of carboxylic acid groups (broad SMARTS) is 1. The number of aliphatic carboxylic acids is 1. The average molecular weight is 252 g/mol. The molecule has 0 bridgehead atoms. The first-order valence-electron chi connectivity index (χ1n) is 5.72. The number of hydrogen-bond acceptors (Lipinski definition) is 3. The molecule has 1 N–H and O–H groups in total. The highest BCUT2D eigenvalue weighted by atomic mass is 19.1. The molecule has 0 spiro atoms. The molecular formula is C12H13FN2O3. The average Bonchev–Trinajstić information content (AvgIpc) is 2.38. The summed E-state index contributed by atoms with van der Waals surface area (Å²) >= 11 is 0. The highest BCUT2D eigenvalue weighted by Crippen LogP contribution is 2.19. The molecule has 2 heterocycles. The third kappa shape index (κ3) is 2.47. The second kappa shape index (κ2) is 5.12. The van der Waals surface area contributed by atoms with E-state index in [1.165, 1.54) is 23.2 Å². The van der Waals surface area contributed by atoms with E-state index < -0.39 is 23.6 Å². The summed E-state index contributed by atoms with van der Waals surface area (Å²) in [6.45, 7) is 0.650. The molecule has 2 rings (SSSR count). The van der Waals surface area contributed by atoms with Gasteiger partial charge < -0.3 is 10.0 Å². The molecule has 1 aromatic heterocycles. The second-order valence-electron chi connectivity index (χ2n) is 4.24. The molecule has 1 saturated heterocycles. The van der Waals surface area contributed by atoms with Crippen LogP contribution in [0.4, 0.5) is 4.39 Å². The van der Waals surface area contributed by atoms with Crippen LogP contribution in [0.3, 0.4) is 0 Å². The number of halogens is 1. The summed E-state index contributed by atoms with van der Waals surface area (Å²) in [4.78, 5) is 27.9. The Morgan fingerprint density at radius 3 is 2.61 bits per heavy atom. The molecule has 18 heavy (non-hydrogen) atoms. The van der Waals surface area contributed by atoms with Crippen molar-refractivity contribution in [3.05, 3.63) is 29.8 Å². The van der Waals surface area contributed by atoms with Crippen molar-refractivity contribution < 1.29 is 19.1 Å². The van der Waals surface area contributed by atoms with Crippen LogP contribution in [-0.4, -0.2) is 40.0 Å². The van der Waals surface area contributed by atoms with Gasteiger partial charge >= 0.3 is 5.97 Å². The molecule has 1 aliphatic heterocycles. The molecule has 0 radical (unpaired) electrons. The van der Waals surface area contributed by atoms with E-state index in [0.29, 0.717) is 25.9 Å². The number of pyridine rings is 1. The van der Waals surface area contributed by atoms with Crippen molar-refractivity contribution in [2.24, 2.45) is 5.92 Å². The molecule has 1 aromatic rings. The van der Waals surface area contributed by atoms with Crippen molar-refractivity contribution in [2.45, 2.75) is 12.8 Å². The van der Waals surface area contributed by atoms with Crippen molar-refractivity contribution in [1.82, 2.24) is 9.88 Å². The van der Waals surface area contributed by atoms with Gasteiger partial charge in [-0.05, 0) is 25.0 Å². The minimum atomic E-state index is -0.842. The molecule has 1 amide bonds. The molecule has 0 atom stereocenters. The molecular weight excluding hydrogens is 239 g/mol. The fraction of sp³-hybridized carbons (Fsp3) is 0.417. The van der Waals surface area contributed by atoms with Crippen molar-refractivity contribution in [1.29, 1.82) is 0 Å². The summed E-state index contributed by atoms with van der Waals surface area (Å²) in [5, 5.41) is 8.85. The van der Waals surface area contributed by atoms with Crippen LogP contribution in [0.2, 0.25) is 0 Å². The highest BCUT2D eigenvalue weighted by molar-refractivity contribution is 5.92. The molecule has 1 fully saturated rings. The summed E-state index contributed by atoms with van der Waals surface area (Å²) in [7, 11) is 0. The van der Waals surface area contributed by atoms with Gasteiger partial charge in [0.25, 0.3) is 5.91 Å². The molecule has 0 unspecified atom stereocenters. The van der Waals surface area contributed by atoms with Crippen LogP contribution in [0.1, 0.15) is 23.3 Å². The normalized spacial score (nSPS) is 16.6. The van der Waals surface area contributed by atoms with E-state index in [4.69, 9.17) is 5.11 Å². The lowest BCUT2D eigenvalue weighted by atomic mass is 9.97. The summed E-state index contributed by atoms with van der Waals surface area (Å²) in [6.07, 6.45) is 2.16. The SMILES string of the molecule is O=C(O)C1CCN(C(=O)c2ncccc2F)CC1. The van der Waals surface area contributed by atoms with E-state index in [0.717, 1.165) is 0 Å². The van der Waals surface area contributed by atoms with E-state index in [1.54, 1.807) is 0 Å². The largest absolute Gasteiger partial charge is 0.481 e. The molecule has 5 nitrogen and oxygen atoms in total. The minimum absolute atomic E-state index is 0.203. The van der Waals surface area contributed by atoms with Gasteiger partial charge in [-0.15, -0.1) is 0 Å². The maximum atomic E-state index is 13.4. The van der Waals surface area contributed by atoms with Crippen molar-refractivity contribution >= 4 is 11.9 Å². The number of likely N-dealkylation sites (tertiary alicyclic amines) is 1. The van der Waals surface area contributed by atoms with E-state index in [1.807, 2.05) is 0 Å². The van der Waals surface area contributed by atoms with Gasteiger partial charge in [-0.3, -0.25) is 9.59 Å². The lowest BCUT2D eigenvalue weighted by Crippen LogP contribution is -2.40. The fourth-order valence-electron chi connectivity index (χ4n) is 2.02. The number of amides is 1. The minimum Gasteiger partial charge on any atom is -0.481 e. The Kier molecular flexibility index (Phi) is 3.55. The molecule has 0 saturated carbocycles. The number of nitrogens with zero attached hydrogens (tertiary/aromatic N) is 2. The van der Waals surface area contributed by atoms with Crippen LogP contribution in [0.15, 0.2) is 18.3 Å². The summed E-state index contributed by atoms with van der Waals surface area (Å²) < 4.78 is 13.4. The lowest BCUT2D eigenvalue weighted by molar-refractivity contribution is -0.143. The quantitative estimate of drug-likeness (QED) is 0.857. The molecule has 6 heteroatoms. The predicted molar refractivity (Wildman–Crippen MR) is 60.5 cm³/mol. The number of carbonyl (C=O) groups is 2. The number of rotatable bonds is 2. The van der Waals surface area contributed by atoms with Gasteiger partial charge in [-0.1, -0.05) is 0 Å². The first-order valence-corrected chi connectivity index (χ1v) is 5.72. The van der Waals surface area contributed by atoms with Crippen LogP contribution in [0.25, 0.3) is 0 Å². The van der Waals surface area contributed by atoms with Gasteiger partial charge in [-0.2, -0.15) is 0 Å². The summed E-state index contributed by atoms with van der Waals surface area (Å²) in [6, 6.07) is 2.60. The Hall–Kier alpha value is -1.98. The van der Waals surface area contributed by atoms with E-state index >= 15 is 0 Å². The zero-order chi connectivity index (χ0) is 13.1. The van der Waals surface area contributed by atoms with Crippen LogP contribution in [0.5, 0.6) is 0 Å². The number of carboxylic acids is 1. The number of hydrogen-bond donors (Lipinski definition) is 1. The van der Waals surface area contributed by atoms with Crippen LogP contribution in [-0.2, 0) is 4.79 Å². The van der Waals surface area contributed by atoms with E-state index in [2.05, 4.69) is 4.98 Å². The zero-order valence-electron chi connectivity index (χ0n) is 9.67. The van der Waals surface area contributed by atoms with E-state index in [-0.39, 0.29) is 5.69 Å². The number of carbonyl (C=O) groups excluding carboxylic acids is 1. The maximum absolute atomic E-state index is 13.4. The smallest absolute Gasteiger partial charge is 0.306 e. The molecule has 96 valence electrons. The number of aromatic nitrogens is 1. The zero-order valence-corrected chi connectivity index (χ0v) is 9.67. The molecule has 0 aliphatic carbocycles. The second-order valence-corrected chi connectivity index (χ2v) is 4.24. The van der Waals surface area contributed by atoms with Crippen molar-refractivity contribution in [3.63, 3.8) is 0 Å². The number of piperidine rings is 1. The first kappa shape index (κ1) is 12.5. The van der Waals surface area contributed by atoms with Gasteiger partial charge in [0.2, 0.25) is 0 Å².